The van der Waals surface area contributed by atoms with Crippen molar-refractivity contribution >= 4 is 37.6 Å². The third kappa shape index (κ3) is 14.7. The average Bonchev–Trinajstić information content (AvgIpc) is 3.21. The number of aryl methyl sites for hydroxylation is 2. The van der Waals surface area contributed by atoms with Crippen molar-refractivity contribution in [1.29, 1.82) is 0 Å². The predicted octanol–water partition coefficient (Wildman–Crippen LogP) is 3.81. The number of nitrogens with zero attached hydrogens (tertiary/aromatic N) is 2. The van der Waals surface area contributed by atoms with Crippen LogP contribution in [0.4, 0.5) is 8.78 Å². The molecule has 0 bridgehead atoms. The fourth-order valence-electron chi connectivity index (χ4n) is 6.17. The molecule has 0 saturated carbocycles. The van der Waals surface area contributed by atoms with Crippen LogP contribution in [-0.4, -0.2) is 86.0 Å². The number of ketones is 1. The summed E-state index contributed by atoms with van der Waals surface area (Å²) in [6.07, 6.45) is 2.17. The zero-order chi connectivity index (χ0) is 43.2. The van der Waals surface area contributed by atoms with Crippen molar-refractivity contribution in [2.24, 2.45) is 11.8 Å². The topological polar surface area (TPSA) is 193 Å². The fraction of sp³-hybridized carbons (Fsp3) is 0.405. The Morgan fingerprint density at radius 2 is 1.00 bits per heavy atom. The maximum Gasteiger partial charge on any atom is 0.327 e. The molecule has 17 heteroatoms. The van der Waals surface area contributed by atoms with E-state index in [1.807, 2.05) is 0 Å². The number of benzene rings is 2. The molecule has 0 aliphatic rings. The van der Waals surface area contributed by atoms with Crippen LogP contribution in [0, 0.1) is 11.8 Å². The molecule has 4 rings (SSSR count). The van der Waals surface area contributed by atoms with Gasteiger partial charge in [-0.25, -0.2) is 26.3 Å². The molecular weight excluding hydrogens is 803 g/mol. The van der Waals surface area contributed by atoms with Gasteiger partial charge in [-0.1, -0.05) is 100 Å². The monoisotopic (exact) mass is 854 g/mol. The fourth-order valence-corrected chi connectivity index (χ4v) is 8.89. The Labute approximate surface area is 345 Å². The van der Waals surface area contributed by atoms with Crippen LogP contribution in [0.2, 0.25) is 0 Å². The highest BCUT2D eigenvalue weighted by molar-refractivity contribution is 7.89. The van der Waals surface area contributed by atoms with Gasteiger partial charge in [0.15, 0.2) is 0 Å². The number of rotatable bonds is 23. The summed E-state index contributed by atoms with van der Waals surface area (Å²) < 4.78 is 91.2. The molecule has 0 unspecified atom stereocenters. The van der Waals surface area contributed by atoms with Gasteiger partial charge in [0.05, 0.1) is 17.5 Å². The molecule has 0 saturated heterocycles. The van der Waals surface area contributed by atoms with Gasteiger partial charge in [-0.3, -0.25) is 24.4 Å². The van der Waals surface area contributed by atoms with Gasteiger partial charge in [0, 0.05) is 36.6 Å². The molecule has 2 amide bonds. The average molecular weight is 855 g/mol. The van der Waals surface area contributed by atoms with Gasteiger partial charge in [-0.15, -0.1) is 0 Å². The van der Waals surface area contributed by atoms with Crippen LogP contribution in [0.5, 0.6) is 0 Å². The van der Waals surface area contributed by atoms with Gasteiger partial charge in [-0.2, -0.15) is 8.78 Å². The lowest BCUT2D eigenvalue weighted by atomic mass is 9.90. The van der Waals surface area contributed by atoms with Crippen LogP contribution in [0.25, 0.3) is 0 Å². The summed E-state index contributed by atoms with van der Waals surface area (Å²) in [5, 5.41) is 4.68. The second-order valence-electron chi connectivity index (χ2n) is 14.9. The van der Waals surface area contributed by atoms with E-state index in [1.54, 1.807) is 113 Å². The van der Waals surface area contributed by atoms with Gasteiger partial charge in [0.2, 0.25) is 37.6 Å². The molecule has 0 spiro atoms. The third-order valence-corrected chi connectivity index (χ3v) is 12.2. The summed E-state index contributed by atoms with van der Waals surface area (Å²) in [7, 11) is -8.23. The lowest BCUT2D eigenvalue weighted by molar-refractivity contribution is -0.153. The number of carbonyl (C=O) groups is 3. The van der Waals surface area contributed by atoms with Gasteiger partial charge in [0.1, 0.15) is 18.1 Å². The number of halogens is 2. The number of pyridine rings is 2. The first-order valence-electron chi connectivity index (χ1n) is 19.3. The van der Waals surface area contributed by atoms with Crippen molar-refractivity contribution < 1.29 is 40.0 Å². The number of Topliss-reactive ketones (excluding diaryl/α,β-unsaturated/α-hetero) is 1. The van der Waals surface area contributed by atoms with E-state index < -0.39 is 104 Å². The molecule has 2 heterocycles. The van der Waals surface area contributed by atoms with Crippen molar-refractivity contribution in [2.45, 2.75) is 83.5 Å². The van der Waals surface area contributed by atoms with E-state index in [2.05, 4.69) is 30.0 Å². The zero-order valence-corrected chi connectivity index (χ0v) is 35.1. The van der Waals surface area contributed by atoms with E-state index >= 15 is 8.78 Å². The first-order valence-corrected chi connectivity index (χ1v) is 22.6. The number of alkyl halides is 2. The first-order chi connectivity index (χ1) is 27.9. The van der Waals surface area contributed by atoms with E-state index in [1.165, 1.54) is 24.5 Å². The molecule has 0 aliphatic carbocycles. The molecule has 2 aromatic heterocycles. The molecular formula is C42H52F2N6O7S2. The smallest absolute Gasteiger partial charge is 0.327 e. The first kappa shape index (κ1) is 46.7. The number of carbonyl (C=O) groups excluding carboxylic acids is 3. The van der Waals surface area contributed by atoms with Gasteiger partial charge < -0.3 is 10.6 Å². The Morgan fingerprint density at radius 3 is 1.41 bits per heavy atom. The molecule has 2 aromatic carbocycles. The Balaban J connectivity index is 1.61. The normalized spacial score (nSPS) is 14.3. The number of nitrogens with one attached hydrogen (secondary N) is 4. The zero-order valence-electron chi connectivity index (χ0n) is 33.4. The number of hydrogen-bond acceptors (Lipinski definition) is 9. The quantitative estimate of drug-likeness (QED) is 0.0859. The molecule has 59 heavy (non-hydrogen) atoms. The molecule has 0 fully saturated rings. The minimum Gasteiger partial charge on any atom is -0.345 e. The van der Waals surface area contributed by atoms with Gasteiger partial charge in [0.25, 0.3) is 0 Å². The highest BCUT2D eigenvalue weighted by Gasteiger charge is 2.51. The number of amides is 2. The summed E-state index contributed by atoms with van der Waals surface area (Å²) >= 11 is 0. The largest absolute Gasteiger partial charge is 0.345 e. The van der Waals surface area contributed by atoms with E-state index in [-0.39, 0.29) is 12.8 Å². The second kappa shape index (κ2) is 21.3. The number of hydrogen-bond donors (Lipinski definition) is 4. The summed E-state index contributed by atoms with van der Waals surface area (Å²) in [5.74, 6) is -10.4. The Hall–Kier alpha value is -4.97. The molecule has 0 radical (unpaired) electrons. The van der Waals surface area contributed by atoms with Crippen LogP contribution < -0.4 is 20.1 Å². The van der Waals surface area contributed by atoms with Gasteiger partial charge >= 0.3 is 5.92 Å². The minimum absolute atomic E-state index is 0.0324. The standard InChI is InChI=1S/C42H52F2N6O7S2/c1-29(2)37(49-58(54,55)25-21-33-19-11-13-23-45-33)40(52)47-35(27-31-15-7-5-8-16-31)39(51)42(43,44)36(28-32-17-9-6-10-18-32)48-41(53)38(30(3)4)50-59(56,57)26-22-34-20-12-14-24-46-34/h5-20,23-24,29-30,35-38,49-50H,21-22,25-28H2,1-4H3,(H,47,52)(H,48,53)/t35-,36-,37-,38-/m0/s1. The van der Waals surface area contributed by atoms with E-state index in [4.69, 9.17) is 0 Å². The second-order valence-corrected chi connectivity index (χ2v) is 18.7. The SMILES string of the molecule is CC(C)[C@H](NS(=O)(=O)CCc1ccccn1)C(=O)N[C@@H](Cc1ccccc1)C(=O)C(F)(F)[C@H](Cc1ccccc1)NC(=O)[C@@H](NS(=O)(=O)CCc1ccccn1)C(C)C. The molecule has 4 aromatic rings. The van der Waals surface area contributed by atoms with Crippen molar-refractivity contribution in [3.8, 4) is 0 Å². The van der Waals surface area contributed by atoms with Crippen LogP contribution in [0.3, 0.4) is 0 Å². The maximum atomic E-state index is 17.0. The van der Waals surface area contributed by atoms with Crippen LogP contribution in [-0.2, 0) is 60.1 Å². The molecule has 13 nitrogen and oxygen atoms in total. The lowest BCUT2D eigenvalue weighted by Crippen LogP contribution is -2.63. The Bertz CT molecular complexity index is 2190. The minimum atomic E-state index is -4.35. The molecule has 0 aliphatic heterocycles. The molecule has 318 valence electrons. The number of sulfonamides is 2. The summed E-state index contributed by atoms with van der Waals surface area (Å²) in [5.41, 5.74) is 1.77. The van der Waals surface area contributed by atoms with Crippen molar-refractivity contribution in [3.63, 3.8) is 0 Å². The molecule has 4 N–H and O–H groups in total. The summed E-state index contributed by atoms with van der Waals surface area (Å²) in [6.45, 7) is 6.23. The van der Waals surface area contributed by atoms with Crippen molar-refractivity contribution in [1.82, 2.24) is 30.0 Å². The highest BCUT2D eigenvalue weighted by atomic mass is 32.2. The van der Waals surface area contributed by atoms with E-state index in [0.29, 0.717) is 22.5 Å². The summed E-state index contributed by atoms with van der Waals surface area (Å²) in [4.78, 5) is 50.2. The van der Waals surface area contributed by atoms with Crippen LogP contribution in [0.15, 0.2) is 109 Å². The summed E-state index contributed by atoms with van der Waals surface area (Å²) in [6, 6.07) is 19.1. The van der Waals surface area contributed by atoms with Crippen LogP contribution >= 0.6 is 0 Å². The molecule has 4 atom stereocenters. The Kier molecular flexibility index (Phi) is 16.9. The maximum absolute atomic E-state index is 17.0. The number of aromatic nitrogens is 2. The predicted molar refractivity (Wildman–Crippen MR) is 221 cm³/mol. The van der Waals surface area contributed by atoms with Crippen LogP contribution in [0.1, 0.15) is 50.2 Å². The van der Waals surface area contributed by atoms with Crippen molar-refractivity contribution in [2.75, 3.05) is 11.5 Å². The lowest BCUT2D eigenvalue weighted by Gasteiger charge is -2.32. The Morgan fingerprint density at radius 1 is 0.593 bits per heavy atom. The van der Waals surface area contributed by atoms with E-state index in [9.17, 15) is 31.2 Å². The third-order valence-electron chi connectivity index (χ3n) is 9.50. The highest BCUT2D eigenvalue weighted by Crippen LogP contribution is 2.27. The van der Waals surface area contributed by atoms with Gasteiger partial charge in [-0.05, 0) is 60.1 Å². The van der Waals surface area contributed by atoms with E-state index in [0.717, 1.165) is 0 Å². The van der Waals surface area contributed by atoms with Crippen molar-refractivity contribution in [3.05, 3.63) is 132 Å².